The zero-order valence-corrected chi connectivity index (χ0v) is 16.4. The Balaban J connectivity index is 2.10. The Hall–Kier alpha value is -1.43. The maximum absolute atomic E-state index is 12.8. The third-order valence-electron chi connectivity index (χ3n) is 3.36. The first kappa shape index (κ1) is 19.3. The molecule has 3 rings (SSSR count). The van der Waals surface area contributed by atoms with Crippen LogP contribution in [0.15, 0.2) is 49.1 Å². The average Bonchev–Trinajstić information content (AvgIpc) is 3.02. The number of aromatic nitrogens is 2. The van der Waals surface area contributed by atoms with Gasteiger partial charge in [0, 0.05) is 32.3 Å². The van der Waals surface area contributed by atoms with Crippen LogP contribution < -0.4 is 0 Å². The molecule has 0 radical (unpaired) electrons. The molecule has 0 aliphatic carbocycles. The van der Waals surface area contributed by atoms with Crippen LogP contribution in [-0.2, 0) is 21.9 Å². The number of hydrogen-bond acceptors (Lipinski definition) is 5. The quantitative estimate of drug-likeness (QED) is 0.546. The number of halogens is 4. The minimum atomic E-state index is -4.64. The van der Waals surface area contributed by atoms with Crippen LogP contribution in [0.2, 0.25) is 0 Å². The molecule has 0 amide bonds. The van der Waals surface area contributed by atoms with Crippen molar-refractivity contribution in [3.63, 3.8) is 0 Å². The molecule has 0 saturated carbocycles. The van der Waals surface area contributed by atoms with Gasteiger partial charge in [-0.15, -0.1) is 0 Å². The molecule has 2 atom stereocenters. The third kappa shape index (κ3) is 3.80. The van der Waals surface area contributed by atoms with Gasteiger partial charge in [-0.05, 0) is 52.2 Å². The van der Waals surface area contributed by atoms with Gasteiger partial charge in [0.15, 0.2) is 16.2 Å². The predicted octanol–water partition coefficient (Wildman–Crippen LogP) is 5.04. The molecule has 0 aliphatic rings. The maximum atomic E-state index is 12.8. The molecular weight excluding hydrogens is 455 g/mol. The van der Waals surface area contributed by atoms with E-state index in [4.69, 9.17) is 9.20 Å². The molecule has 0 saturated heterocycles. The van der Waals surface area contributed by atoms with E-state index in [9.17, 15) is 17.7 Å². The van der Waals surface area contributed by atoms with Crippen LogP contribution in [0.4, 0.5) is 13.2 Å². The number of nitrogens with one attached hydrogen (secondary N) is 1. The van der Waals surface area contributed by atoms with Crippen molar-refractivity contribution in [3.8, 4) is 11.6 Å². The number of nitrogens with zero attached hydrogens (tertiary/aromatic N) is 2. The van der Waals surface area contributed by atoms with Crippen LogP contribution in [0.1, 0.15) is 6.92 Å². The SMILES string of the molecule is CC[S+]([O-])c1cc(Br)cnc1-c1nc2cc(S(=N)C(F)(F)F)ccc2o1. The van der Waals surface area contributed by atoms with E-state index in [1.54, 1.807) is 13.0 Å². The second-order valence-corrected chi connectivity index (χ2v) is 9.21. The van der Waals surface area contributed by atoms with Crippen molar-refractivity contribution in [2.45, 2.75) is 22.2 Å². The van der Waals surface area contributed by atoms with E-state index in [-0.39, 0.29) is 27.6 Å². The predicted molar refractivity (Wildman–Crippen MR) is 96.3 cm³/mol. The second-order valence-electron chi connectivity index (χ2n) is 5.03. The van der Waals surface area contributed by atoms with Crippen molar-refractivity contribution in [2.24, 2.45) is 0 Å². The Morgan fingerprint density at radius 3 is 2.73 bits per heavy atom. The molecule has 138 valence electrons. The van der Waals surface area contributed by atoms with Crippen LogP contribution in [-0.4, -0.2) is 25.8 Å². The fourth-order valence-corrected chi connectivity index (χ4v) is 4.29. The highest BCUT2D eigenvalue weighted by atomic mass is 79.9. The summed E-state index contributed by atoms with van der Waals surface area (Å²) >= 11 is 1.94. The average molecular weight is 466 g/mol. The number of pyridine rings is 1. The van der Waals surface area contributed by atoms with Gasteiger partial charge in [-0.3, -0.25) is 4.78 Å². The Morgan fingerprint density at radius 1 is 1.35 bits per heavy atom. The summed E-state index contributed by atoms with van der Waals surface area (Å²) in [6.45, 7) is 1.76. The Morgan fingerprint density at radius 2 is 2.08 bits per heavy atom. The Labute approximate surface area is 160 Å². The summed E-state index contributed by atoms with van der Waals surface area (Å²) in [6.07, 6.45) is 1.50. The zero-order chi connectivity index (χ0) is 19.1. The third-order valence-corrected chi connectivity index (χ3v) is 6.30. The molecule has 3 aromatic rings. The summed E-state index contributed by atoms with van der Waals surface area (Å²) in [6, 6.07) is 5.37. The monoisotopic (exact) mass is 465 g/mol. The zero-order valence-electron chi connectivity index (χ0n) is 13.1. The van der Waals surface area contributed by atoms with E-state index in [1.165, 1.54) is 24.4 Å². The topological polar surface area (TPSA) is 85.8 Å². The lowest BCUT2D eigenvalue weighted by Gasteiger charge is -2.10. The number of benzene rings is 1. The molecule has 0 fully saturated rings. The molecule has 0 spiro atoms. The lowest BCUT2D eigenvalue weighted by atomic mass is 10.3. The van der Waals surface area contributed by atoms with Gasteiger partial charge in [-0.2, -0.15) is 13.2 Å². The summed E-state index contributed by atoms with van der Waals surface area (Å²) < 4.78 is 64.1. The number of rotatable bonds is 4. The van der Waals surface area contributed by atoms with Crippen LogP contribution in [0, 0.1) is 4.78 Å². The first-order valence-corrected chi connectivity index (χ1v) is 10.5. The van der Waals surface area contributed by atoms with E-state index in [1.807, 2.05) is 0 Å². The summed E-state index contributed by atoms with van der Waals surface area (Å²) in [5.74, 6) is 0.432. The normalized spacial score (nSPS) is 14.5. The van der Waals surface area contributed by atoms with Crippen LogP contribution in [0.25, 0.3) is 22.7 Å². The summed E-state index contributed by atoms with van der Waals surface area (Å²) in [7, 11) is -2.66. The van der Waals surface area contributed by atoms with Gasteiger partial charge in [-0.25, -0.2) is 9.97 Å². The Kier molecular flexibility index (Phi) is 5.42. The fraction of sp³-hybridized carbons (Fsp3) is 0.200. The van der Waals surface area contributed by atoms with E-state index >= 15 is 0 Å². The van der Waals surface area contributed by atoms with Crippen molar-refractivity contribution in [2.75, 3.05) is 5.75 Å². The van der Waals surface area contributed by atoms with Gasteiger partial charge in [0.25, 0.3) is 5.89 Å². The highest BCUT2D eigenvalue weighted by Crippen LogP contribution is 2.33. The van der Waals surface area contributed by atoms with E-state index in [0.29, 0.717) is 15.1 Å². The summed E-state index contributed by atoms with van der Waals surface area (Å²) in [4.78, 5) is 8.61. The minimum Gasteiger partial charge on any atom is -0.611 e. The van der Waals surface area contributed by atoms with Gasteiger partial charge in [0.1, 0.15) is 11.3 Å². The molecule has 0 bridgehead atoms. The lowest BCUT2D eigenvalue weighted by Crippen LogP contribution is -2.14. The highest BCUT2D eigenvalue weighted by Gasteiger charge is 2.34. The van der Waals surface area contributed by atoms with E-state index in [2.05, 4.69) is 25.9 Å². The van der Waals surface area contributed by atoms with Gasteiger partial charge in [0.05, 0.1) is 0 Å². The van der Waals surface area contributed by atoms with Crippen LogP contribution in [0.5, 0.6) is 0 Å². The highest BCUT2D eigenvalue weighted by molar-refractivity contribution is 9.10. The number of hydrogen-bond donors (Lipinski definition) is 1. The van der Waals surface area contributed by atoms with Crippen molar-refractivity contribution < 1.29 is 22.1 Å². The van der Waals surface area contributed by atoms with Crippen molar-refractivity contribution in [3.05, 3.63) is 34.9 Å². The van der Waals surface area contributed by atoms with Crippen molar-refractivity contribution in [1.82, 2.24) is 9.97 Å². The van der Waals surface area contributed by atoms with Gasteiger partial charge < -0.3 is 8.97 Å². The molecule has 2 aromatic heterocycles. The molecule has 1 aromatic carbocycles. The molecule has 11 heteroatoms. The number of oxazole rings is 1. The van der Waals surface area contributed by atoms with Crippen molar-refractivity contribution in [1.29, 1.82) is 4.78 Å². The van der Waals surface area contributed by atoms with E-state index < -0.39 is 27.4 Å². The summed E-state index contributed by atoms with van der Waals surface area (Å²) in [5, 5.41) is 0. The number of fused-ring (bicyclic) bond motifs is 1. The van der Waals surface area contributed by atoms with Crippen molar-refractivity contribution >= 4 is 48.9 Å². The Bertz CT molecular complexity index is 994. The molecule has 2 heterocycles. The second kappa shape index (κ2) is 7.29. The smallest absolute Gasteiger partial charge is 0.456 e. The van der Waals surface area contributed by atoms with Gasteiger partial charge in [-0.1, -0.05) is 0 Å². The first-order chi connectivity index (χ1) is 12.2. The minimum absolute atomic E-state index is 0.0679. The fourth-order valence-electron chi connectivity index (χ4n) is 2.18. The molecule has 2 unspecified atom stereocenters. The molecule has 5 nitrogen and oxygen atoms in total. The number of alkyl halides is 3. The van der Waals surface area contributed by atoms with E-state index in [0.717, 1.165) is 0 Å². The molecule has 26 heavy (non-hydrogen) atoms. The standard InChI is InChI=1S/C15H11BrF3N3O2S2/c1-2-25(23)12-5-8(16)7-21-13(12)14-22-10-6-9(3-4-11(10)24-14)26(20)15(17,18)19/h3-7,20H,2H2,1H3. The van der Waals surface area contributed by atoms with Gasteiger partial charge >= 0.3 is 5.51 Å². The lowest BCUT2D eigenvalue weighted by molar-refractivity contribution is -0.0360. The van der Waals surface area contributed by atoms with Crippen LogP contribution >= 0.6 is 15.9 Å². The first-order valence-electron chi connectivity index (χ1n) is 7.18. The van der Waals surface area contributed by atoms with Crippen LogP contribution in [0.3, 0.4) is 0 Å². The molecule has 1 N–H and O–H groups in total. The molecule has 0 aliphatic heterocycles. The largest absolute Gasteiger partial charge is 0.611 e. The van der Waals surface area contributed by atoms with Gasteiger partial charge in [0.2, 0.25) is 0 Å². The maximum Gasteiger partial charge on any atom is 0.456 e. The molecular formula is C15H11BrF3N3O2S2. The summed E-state index contributed by atoms with van der Waals surface area (Å²) in [5.41, 5.74) is -3.92.